The lowest BCUT2D eigenvalue weighted by Gasteiger charge is -2.16. The van der Waals surface area contributed by atoms with Gasteiger partial charge in [-0.25, -0.2) is 4.68 Å². The molecule has 0 amide bonds. The fourth-order valence-electron chi connectivity index (χ4n) is 8.82. The maximum Gasteiger partial charge on any atom is 0.163 e. The molecule has 3 aliphatic rings. The Kier molecular flexibility index (Phi) is 39.4. The average molecular weight is 1270 g/mol. The zero-order valence-corrected chi connectivity index (χ0v) is 56.0. The van der Waals surface area contributed by atoms with E-state index >= 15 is 0 Å². The van der Waals surface area contributed by atoms with Gasteiger partial charge in [-0.2, -0.15) is 0 Å². The first-order valence-corrected chi connectivity index (χ1v) is 31.6. The van der Waals surface area contributed by atoms with Crippen LogP contribution in [0.4, 0.5) is 0 Å². The van der Waals surface area contributed by atoms with Crippen LogP contribution in [0, 0.1) is 82.9 Å². The molecule has 0 spiro atoms. The molecule has 8 N–H and O–H groups in total. The lowest BCUT2D eigenvalue weighted by atomic mass is 10.1. The Hall–Kier alpha value is -6.84. The van der Waals surface area contributed by atoms with Crippen LogP contribution in [-0.4, -0.2) is 159 Å². The molecule has 17 nitrogen and oxygen atoms in total. The second-order valence-corrected chi connectivity index (χ2v) is 22.9. The van der Waals surface area contributed by atoms with Crippen LogP contribution in [0.25, 0.3) is 6.08 Å². The molecule has 3 fully saturated rings. The predicted octanol–water partition coefficient (Wildman–Crippen LogP) is 8.39. The molecule has 3 aromatic rings. The first kappa shape index (κ1) is 81.3. The van der Waals surface area contributed by atoms with Crippen LogP contribution in [0.2, 0.25) is 0 Å². The van der Waals surface area contributed by atoms with Crippen LogP contribution in [0.5, 0.6) is 0 Å². The van der Waals surface area contributed by atoms with Crippen molar-refractivity contribution in [3.63, 3.8) is 0 Å². The number of benzene rings is 2. The number of rotatable bonds is 20. The maximum absolute atomic E-state index is 9.63. The van der Waals surface area contributed by atoms with E-state index in [1.54, 1.807) is 26.0 Å². The van der Waals surface area contributed by atoms with E-state index in [1.165, 1.54) is 17.7 Å². The summed E-state index contributed by atoms with van der Waals surface area (Å²) in [6, 6.07) is 19.9. The molecular weight excluding hydrogens is 1170 g/mol. The summed E-state index contributed by atoms with van der Waals surface area (Å²) < 4.78 is 36.8. The summed E-state index contributed by atoms with van der Waals surface area (Å²) in [5, 5.41) is 82.8. The molecule has 92 heavy (non-hydrogen) atoms. The van der Waals surface area contributed by atoms with Gasteiger partial charge in [-0.15, -0.1) is 5.10 Å². The molecule has 2 aromatic carbocycles. The van der Waals surface area contributed by atoms with Crippen LogP contribution < -0.4 is 0 Å². The number of hydrogen-bond donors (Lipinski definition) is 8. The number of ether oxygens (including phenoxy) is 6. The minimum Gasteiger partial charge on any atom is -0.390 e. The van der Waals surface area contributed by atoms with Gasteiger partial charge in [0.2, 0.25) is 0 Å². The topological polar surface area (TPSA) is 248 Å². The third-order valence-corrected chi connectivity index (χ3v) is 13.7. The lowest BCUT2D eigenvalue weighted by molar-refractivity contribution is -0.146. The Balaban J connectivity index is 0.000000395. The van der Waals surface area contributed by atoms with Gasteiger partial charge in [-0.1, -0.05) is 186 Å². The van der Waals surface area contributed by atoms with Gasteiger partial charge >= 0.3 is 0 Å². The second-order valence-electron chi connectivity index (χ2n) is 22.9. The van der Waals surface area contributed by atoms with Gasteiger partial charge in [0, 0.05) is 38.3 Å². The van der Waals surface area contributed by atoms with E-state index in [1.807, 2.05) is 108 Å². The summed E-state index contributed by atoms with van der Waals surface area (Å²) in [7, 11) is 0. The summed E-state index contributed by atoms with van der Waals surface area (Å²) in [6.45, 7) is 30.8. The molecule has 14 atom stereocenters. The third-order valence-electron chi connectivity index (χ3n) is 13.7. The highest BCUT2D eigenvalue weighted by molar-refractivity contribution is 5.50. The van der Waals surface area contributed by atoms with Crippen molar-refractivity contribution in [2.45, 2.75) is 263 Å². The highest BCUT2D eigenvalue weighted by atomic mass is 16.8. The number of aromatic nitrogens is 3. The van der Waals surface area contributed by atoms with Crippen molar-refractivity contribution in [2.75, 3.05) is 0 Å². The largest absolute Gasteiger partial charge is 0.390 e. The minimum absolute atomic E-state index is 0.0105. The Morgan fingerprint density at radius 2 is 0.902 bits per heavy atom. The summed E-state index contributed by atoms with van der Waals surface area (Å²) in [4.78, 5) is 0. The summed E-state index contributed by atoms with van der Waals surface area (Å²) in [5.41, 5.74) is 3.15. The quantitative estimate of drug-likeness (QED) is 0.0391. The zero-order chi connectivity index (χ0) is 68.5. The van der Waals surface area contributed by atoms with Crippen molar-refractivity contribution in [1.29, 1.82) is 0 Å². The molecule has 0 bridgehead atoms. The van der Waals surface area contributed by atoms with Crippen LogP contribution >= 0.6 is 0 Å². The van der Waals surface area contributed by atoms with E-state index in [0.29, 0.717) is 32.1 Å². The van der Waals surface area contributed by atoms with Crippen molar-refractivity contribution in [3.8, 4) is 82.9 Å². The molecule has 0 radical (unpaired) electrons. The highest BCUT2D eigenvalue weighted by Crippen LogP contribution is 2.33. The molecule has 6 rings (SSSR count). The average Bonchev–Trinajstić information content (AvgIpc) is 1.94. The number of hydrogen-bond acceptors (Lipinski definition) is 16. The molecule has 0 saturated carbocycles. The summed E-state index contributed by atoms with van der Waals surface area (Å²) in [5.74, 6) is 35.2. The molecule has 500 valence electrons. The van der Waals surface area contributed by atoms with Gasteiger partial charge in [0.05, 0.1) is 73.3 Å². The van der Waals surface area contributed by atoms with Crippen molar-refractivity contribution < 1.29 is 69.3 Å². The molecule has 4 heterocycles. The van der Waals surface area contributed by atoms with Crippen LogP contribution in [0.15, 0.2) is 98.2 Å². The Labute approximate surface area is 549 Å². The van der Waals surface area contributed by atoms with Crippen molar-refractivity contribution in [2.24, 2.45) is 0 Å². The zero-order valence-electron chi connectivity index (χ0n) is 56.0. The number of aliphatic hydroxyl groups excluding tert-OH is 8. The van der Waals surface area contributed by atoms with E-state index in [9.17, 15) is 30.6 Å². The highest BCUT2D eigenvalue weighted by Gasteiger charge is 2.42. The Bertz CT molecular complexity index is 3100. The smallest absolute Gasteiger partial charge is 0.163 e. The van der Waals surface area contributed by atoms with Gasteiger partial charge in [-0.3, -0.25) is 0 Å². The monoisotopic (exact) mass is 1270 g/mol. The Morgan fingerprint density at radius 1 is 0.489 bits per heavy atom. The van der Waals surface area contributed by atoms with Crippen LogP contribution in [0.3, 0.4) is 0 Å². The first-order chi connectivity index (χ1) is 43.8. The van der Waals surface area contributed by atoms with Crippen molar-refractivity contribution in [1.82, 2.24) is 15.0 Å². The van der Waals surface area contributed by atoms with Gasteiger partial charge in [0.15, 0.2) is 17.4 Å². The van der Waals surface area contributed by atoms with E-state index in [-0.39, 0.29) is 49.5 Å². The van der Waals surface area contributed by atoms with E-state index in [0.717, 1.165) is 43.5 Å². The van der Waals surface area contributed by atoms with E-state index in [2.05, 4.69) is 139 Å². The molecule has 3 aliphatic heterocycles. The normalized spacial score (nSPS) is 21.7. The molecule has 1 aromatic heterocycles. The SMILES string of the molecule is C=C[C@H](O)C#CC#CC[C@@H]1OC(C)(C)O[C@H]1CC.C=C[C@H](O)C#CC#CC[C@H](O)[C@@H](O)CC.CCC(O)C#CC[C@@H]1OC(C)(C)O[C@H]1CC.CCC1OC(C)(C)O[C@@H]1Cc1cn(Cc2ccccc2)nn1.CC[C@@H](O)[C@H](O)CC#CC#CC(O)/C=C/c1ccccc1. The second kappa shape index (κ2) is 44.7. The first-order valence-electron chi connectivity index (χ1n) is 31.6. The van der Waals surface area contributed by atoms with Gasteiger partial charge in [-0.05, 0) is 133 Å². The van der Waals surface area contributed by atoms with E-state index < -0.39 is 66.2 Å². The molecular formula is C75H101N3O14. The van der Waals surface area contributed by atoms with Gasteiger partial charge < -0.3 is 69.3 Å². The lowest BCUT2D eigenvalue weighted by Crippen LogP contribution is -2.24. The summed E-state index contributed by atoms with van der Waals surface area (Å²) >= 11 is 0. The summed E-state index contributed by atoms with van der Waals surface area (Å²) in [6.07, 6.45) is 8.79. The number of aliphatic hydroxyl groups is 8. The van der Waals surface area contributed by atoms with Crippen molar-refractivity contribution >= 4 is 6.08 Å². The fourth-order valence-corrected chi connectivity index (χ4v) is 8.82. The standard InChI is InChI=1S/C18H20O3.C17H23N3O2.C15H20O3.C13H22O3.C12H16O3/c1-2-17(20)18(21)12-8-4-7-11-16(19)14-13-15-9-5-3-6-10-15;1-4-15-16(22-17(2,3)21-15)10-14-12-20(19-18-14)11-13-8-6-5-7-9-13;1-5-12(16)10-8-7-9-11-14-13(6-2)17-15(3,4)18-14;1-5-10(14)8-7-9-12-11(6-2)15-13(3,4)16-12;1-3-10(13)8-6-5-7-9-12(15)11(14)4-2/h3,5-6,9-10,13-14,16-21H,2,12H2,1H3;5-9,12,15-16H,4,10-11H2,1-3H3;5,12-14,16H,1,6,11H2,2-4H3;10-12,14H,5-6,9H2,1-4H3;3,10-15H,1,4,9H2,2H3/b14-13+;;;;/t16?,17-,18-;15?,16-;12-,13-,14-;10?,11-,12-;10-,11-,12-/m11000/s1. The molecule has 17 heteroatoms. The fraction of sp³-hybridized carbons (Fsp3) is 0.547. The van der Waals surface area contributed by atoms with Crippen LogP contribution in [-0.2, 0) is 41.4 Å². The third kappa shape index (κ3) is 34.7. The molecule has 3 unspecified atom stereocenters. The number of nitrogens with zero attached hydrogens (tertiary/aromatic N) is 3. The van der Waals surface area contributed by atoms with Gasteiger partial charge in [0.25, 0.3) is 0 Å². The molecule has 0 aliphatic carbocycles. The Morgan fingerprint density at radius 3 is 1.35 bits per heavy atom. The molecule has 3 saturated heterocycles. The van der Waals surface area contributed by atoms with Crippen LogP contribution in [0.1, 0.15) is 164 Å². The van der Waals surface area contributed by atoms with E-state index in [4.69, 9.17) is 38.6 Å². The van der Waals surface area contributed by atoms with Crippen molar-refractivity contribution in [3.05, 3.63) is 115 Å². The minimum atomic E-state index is -0.884. The van der Waals surface area contributed by atoms with Gasteiger partial charge in [0.1, 0.15) is 24.4 Å². The predicted molar refractivity (Wildman–Crippen MR) is 359 cm³/mol. The maximum atomic E-state index is 9.63.